The summed E-state index contributed by atoms with van der Waals surface area (Å²) in [7, 11) is 0. The van der Waals surface area contributed by atoms with Gasteiger partial charge in [-0.15, -0.1) is 0 Å². The van der Waals surface area contributed by atoms with Crippen molar-refractivity contribution >= 4 is 11.8 Å². The molecule has 6 nitrogen and oxygen atoms in total. The zero-order valence-corrected chi connectivity index (χ0v) is 18.8. The second-order valence-electron chi connectivity index (χ2n) is 9.85. The molecule has 0 N–H and O–H groups in total. The van der Waals surface area contributed by atoms with Crippen LogP contribution in [0.1, 0.15) is 58.4 Å². The van der Waals surface area contributed by atoms with Gasteiger partial charge in [0.2, 0.25) is 11.8 Å². The summed E-state index contributed by atoms with van der Waals surface area (Å²) < 4.78 is 0. The van der Waals surface area contributed by atoms with Gasteiger partial charge in [0, 0.05) is 50.0 Å². The summed E-state index contributed by atoms with van der Waals surface area (Å²) in [6.45, 7) is 11.2. The highest BCUT2D eigenvalue weighted by Crippen LogP contribution is 2.52. The largest absolute Gasteiger partial charge is 0.342 e. The molecule has 0 unspecified atom stereocenters. The van der Waals surface area contributed by atoms with Crippen molar-refractivity contribution in [1.82, 2.24) is 19.7 Å². The molecular formula is C24H36N4O2. The molecule has 0 bridgehead atoms. The Balaban J connectivity index is 1.42. The Labute approximate surface area is 180 Å². The molecule has 1 aromatic rings. The summed E-state index contributed by atoms with van der Waals surface area (Å²) in [4.78, 5) is 36.9. The molecule has 3 aliphatic rings. The van der Waals surface area contributed by atoms with E-state index in [0.717, 1.165) is 71.4 Å². The van der Waals surface area contributed by atoms with E-state index in [1.54, 1.807) is 0 Å². The topological polar surface area (TPSA) is 56.8 Å². The fourth-order valence-corrected chi connectivity index (χ4v) is 6.02. The van der Waals surface area contributed by atoms with Crippen molar-refractivity contribution in [2.24, 2.45) is 11.3 Å². The lowest BCUT2D eigenvalue weighted by Crippen LogP contribution is -2.54. The van der Waals surface area contributed by atoms with Crippen LogP contribution in [-0.4, -0.2) is 69.8 Å². The van der Waals surface area contributed by atoms with Gasteiger partial charge in [-0.2, -0.15) is 0 Å². The summed E-state index contributed by atoms with van der Waals surface area (Å²) in [6, 6.07) is 4.11. The summed E-state index contributed by atoms with van der Waals surface area (Å²) >= 11 is 0. The van der Waals surface area contributed by atoms with Crippen molar-refractivity contribution in [3.05, 3.63) is 30.1 Å². The quantitative estimate of drug-likeness (QED) is 0.763. The van der Waals surface area contributed by atoms with Gasteiger partial charge in [0.1, 0.15) is 0 Å². The van der Waals surface area contributed by atoms with E-state index in [1.807, 2.05) is 37.2 Å². The van der Waals surface area contributed by atoms with Crippen LogP contribution in [0.2, 0.25) is 0 Å². The monoisotopic (exact) mass is 412 g/mol. The Hall–Kier alpha value is -1.95. The summed E-state index contributed by atoms with van der Waals surface area (Å²) in [5, 5.41) is 0. The van der Waals surface area contributed by atoms with Gasteiger partial charge in [-0.3, -0.25) is 19.5 Å². The third-order valence-electron chi connectivity index (χ3n) is 7.70. The van der Waals surface area contributed by atoms with Gasteiger partial charge in [0.15, 0.2) is 0 Å². The molecule has 3 fully saturated rings. The predicted octanol–water partition coefficient (Wildman–Crippen LogP) is 2.93. The minimum atomic E-state index is -0.203. The lowest BCUT2D eigenvalue weighted by Gasteiger charge is -2.45. The Bertz CT molecular complexity index is 763. The molecule has 2 amide bonds. The third-order valence-corrected chi connectivity index (χ3v) is 7.70. The molecule has 1 aromatic heterocycles. The molecule has 0 aromatic carbocycles. The van der Waals surface area contributed by atoms with Crippen LogP contribution >= 0.6 is 0 Å². The number of amides is 2. The van der Waals surface area contributed by atoms with Crippen LogP contribution in [0.25, 0.3) is 0 Å². The number of hydrogen-bond acceptors (Lipinski definition) is 4. The highest BCUT2D eigenvalue weighted by Gasteiger charge is 2.59. The maximum absolute atomic E-state index is 13.6. The number of nitrogens with zero attached hydrogens (tertiary/aromatic N) is 4. The lowest BCUT2D eigenvalue weighted by atomic mass is 9.71. The first kappa shape index (κ1) is 21.3. The maximum Gasteiger partial charge on any atom is 0.229 e. The highest BCUT2D eigenvalue weighted by molar-refractivity contribution is 5.86. The molecule has 4 rings (SSSR count). The minimum absolute atomic E-state index is 0.0435. The van der Waals surface area contributed by atoms with Crippen molar-refractivity contribution < 1.29 is 9.59 Å². The smallest absolute Gasteiger partial charge is 0.229 e. The summed E-state index contributed by atoms with van der Waals surface area (Å²) in [6.07, 6.45) is 8.45. The van der Waals surface area contributed by atoms with Gasteiger partial charge in [-0.25, -0.2) is 0 Å². The predicted molar refractivity (Wildman–Crippen MR) is 117 cm³/mol. The average molecular weight is 413 g/mol. The van der Waals surface area contributed by atoms with Crippen molar-refractivity contribution in [3.8, 4) is 0 Å². The molecule has 0 atom stereocenters. The third kappa shape index (κ3) is 3.75. The van der Waals surface area contributed by atoms with Gasteiger partial charge in [0.05, 0.1) is 5.41 Å². The molecule has 6 heteroatoms. The first-order chi connectivity index (χ1) is 14.4. The van der Waals surface area contributed by atoms with E-state index in [-0.39, 0.29) is 22.8 Å². The van der Waals surface area contributed by atoms with Gasteiger partial charge >= 0.3 is 0 Å². The average Bonchev–Trinajstić information content (AvgIpc) is 2.97. The number of hydrogen-bond donors (Lipinski definition) is 0. The van der Waals surface area contributed by atoms with E-state index in [2.05, 4.69) is 27.8 Å². The van der Waals surface area contributed by atoms with Crippen molar-refractivity contribution in [3.63, 3.8) is 0 Å². The number of carbonyl (C=O) groups is 2. The number of aromatic nitrogens is 1. The van der Waals surface area contributed by atoms with E-state index in [1.165, 1.54) is 5.56 Å². The molecule has 30 heavy (non-hydrogen) atoms. The number of rotatable bonds is 4. The van der Waals surface area contributed by atoms with Gasteiger partial charge in [0.25, 0.3) is 0 Å². The van der Waals surface area contributed by atoms with Crippen molar-refractivity contribution in [1.29, 1.82) is 0 Å². The van der Waals surface area contributed by atoms with Crippen LogP contribution in [0.3, 0.4) is 0 Å². The molecule has 4 heterocycles. The number of carbonyl (C=O) groups excluding carboxylic acids is 2. The van der Waals surface area contributed by atoms with Gasteiger partial charge in [-0.05, 0) is 63.7 Å². The van der Waals surface area contributed by atoms with Crippen LogP contribution in [0.4, 0.5) is 0 Å². The van der Waals surface area contributed by atoms with E-state index >= 15 is 0 Å². The van der Waals surface area contributed by atoms with Gasteiger partial charge < -0.3 is 9.80 Å². The second kappa shape index (κ2) is 8.29. The Kier molecular flexibility index (Phi) is 5.88. The Morgan fingerprint density at radius 3 is 2.40 bits per heavy atom. The van der Waals surface area contributed by atoms with Crippen LogP contribution < -0.4 is 0 Å². The zero-order valence-electron chi connectivity index (χ0n) is 18.8. The van der Waals surface area contributed by atoms with E-state index in [0.29, 0.717) is 5.91 Å². The van der Waals surface area contributed by atoms with E-state index in [9.17, 15) is 9.59 Å². The molecule has 3 saturated heterocycles. The molecule has 164 valence electrons. The van der Waals surface area contributed by atoms with Crippen LogP contribution in [0.15, 0.2) is 24.5 Å². The molecule has 2 spiro atoms. The molecule has 0 radical (unpaired) electrons. The Morgan fingerprint density at radius 2 is 1.83 bits per heavy atom. The first-order valence-electron chi connectivity index (χ1n) is 11.6. The van der Waals surface area contributed by atoms with Crippen LogP contribution in [0.5, 0.6) is 0 Å². The normalized spacial score (nSPS) is 23.7. The SMILES string of the molecule is CCN1C(=O)C2(CCN(Cc3cccnc3)CC2)CC12CCN(C(=O)C(C)C)CC2. The Morgan fingerprint density at radius 1 is 1.13 bits per heavy atom. The van der Waals surface area contributed by atoms with Crippen LogP contribution in [-0.2, 0) is 16.1 Å². The molecular weight excluding hydrogens is 376 g/mol. The number of pyridine rings is 1. The number of piperidine rings is 2. The summed E-state index contributed by atoms with van der Waals surface area (Å²) in [5.41, 5.74) is 0.983. The van der Waals surface area contributed by atoms with Crippen molar-refractivity contribution in [2.75, 3.05) is 32.7 Å². The van der Waals surface area contributed by atoms with Crippen LogP contribution in [0, 0.1) is 11.3 Å². The fourth-order valence-electron chi connectivity index (χ4n) is 6.02. The standard InChI is InChI=1S/C24H36N4O2/c1-4-28-22(30)23(7-12-26(13-8-23)17-20-6-5-11-25-16-20)18-24(28)9-14-27(15-10-24)21(29)19(2)3/h5-6,11,16,19H,4,7-10,12-15,17-18H2,1-3H3. The van der Waals surface area contributed by atoms with E-state index in [4.69, 9.17) is 0 Å². The fraction of sp³-hybridized carbons (Fsp3) is 0.708. The molecule has 3 aliphatic heterocycles. The highest BCUT2D eigenvalue weighted by atomic mass is 16.2. The minimum Gasteiger partial charge on any atom is -0.342 e. The lowest BCUT2D eigenvalue weighted by molar-refractivity contribution is -0.142. The summed E-state index contributed by atoms with van der Waals surface area (Å²) in [5.74, 6) is 0.660. The maximum atomic E-state index is 13.6. The second-order valence-corrected chi connectivity index (χ2v) is 9.85. The van der Waals surface area contributed by atoms with Crippen molar-refractivity contribution in [2.45, 2.75) is 65.0 Å². The first-order valence-corrected chi connectivity index (χ1v) is 11.6. The van der Waals surface area contributed by atoms with Gasteiger partial charge in [-0.1, -0.05) is 19.9 Å². The molecule has 0 saturated carbocycles. The zero-order chi connectivity index (χ0) is 21.4. The van der Waals surface area contributed by atoms with E-state index < -0.39 is 0 Å². The molecule has 0 aliphatic carbocycles. The number of likely N-dealkylation sites (tertiary alicyclic amines) is 3.